The van der Waals surface area contributed by atoms with Crippen LogP contribution in [0.4, 0.5) is 5.69 Å². The first-order valence-corrected chi connectivity index (χ1v) is 7.98. The van der Waals surface area contributed by atoms with Gasteiger partial charge in [-0.2, -0.15) is 5.10 Å². The van der Waals surface area contributed by atoms with E-state index in [4.69, 9.17) is 15.2 Å². The van der Waals surface area contributed by atoms with Crippen LogP contribution in [0.2, 0.25) is 0 Å². The van der Waals surface area contributed by atoms with Crippen LogP contribution in [0.25, 0.3) is 0 Å². The van der Waals surface area contributed by atoms with Crippen LogP contribution in [0.5, 0.6) is 5.75 Å². The Bertz CT molecular complexity index is 695. The van der Waals surface area contributed by atoms with E-state index in [-0.39, 0.29) is 6.10 Å². The number of nitrogens with zero attached hydrogens (tertiary/aromatic N) is 3. The van der Waals surface area contributed by atoms with E-state index in [2.05, 4.69) is 15.4 Å². The van der Waals surface area contributed by atoms with Crippen LogP contribution in [-0.4, -0.2) is 36.0 Å². The largest absolute Gasteiger partial charge is 0.497 e. The zero-order valence-corrected chi connectivity index (χ0v) is 14.0. The van der Waals surface area contributed by atoms with Crippen molar-refractivity contribution in [2.24, 2.45) is 23.7 Å². The van der Waals surface area contributed by atoms with Gasteiger partial charge in [-0.3, -0.25) is 9.67 Å². The van der Waals surface area contributed by atoms with Gasteiger partial charge >= 0.3 is 0 Å². The standard InChI is InChI=1S/C17H23N5O2/c1-22-15(7-9-20-22)16-12(8-10-24-16)11-19-17(18)21-13-3-5-14(23-2)6-4-13/h3-7,9,12,16H,8,10-11H2,1-2H3,(H3,18,19,21)/t12-,16+/m0/s1. The molecule has 0 spiro atoms. The summed E-state index contributed by atoms with van der Waals surface area (Å²) in [5, 5.41) is 7.31. The Balaban J connectivity index is 1.60. The normalized spacial score (nSPS) is 21.0. The lowest BCUT2D eigenvalue weighted by molar-refractivity contribution is 0.0859. The second-order valence-electron chi connectivity index (χ2n) is 5.80. The third kappa shape index (κ3) is 3.68. The summed E-state index contributed by atoms with van der Waals surface area (Å²) >= 11 is 0. The van der Waals surface area contributed by atoms with Gasteiger partial charge in [-0.15, -0.1) is 0 Å². The molecule has 2 aromatic rings. The quantitative estimate of drug-likeness (QED) is 0.646. The molecule has 1 aromatic heterocycles. The molecule has 0 aliphatic carbocycles. The van der Waals surface area contributed by atoms with Gasteiger partial charge in [-0.25, -0.2) is 0 Å². The molecule has 1 aliphatic rings. The highest BCUT2D eigenvalue weighted by Crippen LogP contribution is 2.34. The van der Waals surface area contributed by atoms with E-state index in [0.717, 1.165) is 30.2 Å². The highest BCUT2D eigenvalue weighted by atomic mass is 16.5. The van der Waals surface area contributed by atoms with E-state index in [1.54, 1.807) is 13.3 Å². The Morgan fingerprint density at radius 3 is 2.88 bits per heavy atom. The van der Waals surface area contributed by atoms with Crippen molar-refractivity contribution in [3.8, 4) is 5.75 Å². The van der Waals surface area contributed by atoms with Crippen LogP contribution in [0.15, 0.2) is 41.5 Å². The minimum atomic E-state index is 0.0232. The Morgan fingerprint density at radius 2 is 2.21 bits per heavy atom. The van der Waals surface area contributed by atoms with Gasteiger partial charge in [-0.1, -0.05) is 0 Å². The number of aromatic nitrogens is 2. The summed E-state index contributed by atoms with van der Waals surface area (Å²) < 4.78 is 12.9. The van der Waals surface area contributed by atoms with E-state index >= 15 is 0 Å². The van der Waals surface area contributed by atoms with Crippen molar-refractivity contribution in [2.45, 2.75) is 12.5 Å². The maximum atomic E-state index is 6.00. The molecule has 2 heterocycles. The Kier molecular flexibility index (Phi) is 5.00. The number of benzene rings is 1. The summed E-state index contributed by atoms with van der Waals surface area (Å²) in [7, 11) is 3.57. The van der Waals surface area contributed by atoms with Crippen molar-refractivity contribution in [1.82, 2.24) is 9.78 Å². The van der Waals surface area contributed by atoms with Crippen LogP contribution in [0.3, 0.4) is 0 Å². The van der Waals surface area contributed by atoms with Crippen molar-refractivity contribution < 1.29 is 9.47 Å². The van der Waals surface area contributed by atoms with Crippen LogP contribution < -0.4 is 15.8 Å². The van der Waals surface area contributed by atoms with Crippen molar-refractivity contribution in [1.29, 1.82) is 0 Å². The molecule has 7 heteroatoms. The first-order chi connectivity index (χ1) is 11.7. The van der Waals surface area contributed by atoms with Crippen LogP contribution in [0, 0.1) is 5.92 Å². The third-order valence-electron chi connectivity index (χ3n) is 4.22. The molecule has 0 unspecified atom stereocenters. The molecule has 1 aliphatic heterocycles. The van der Waals surface area contributed by atoms with E-state index in [0.29, 0.717) is 18.4 Å². The number of methoxy groups -OCH3 is 1. The number of nitrogens with two attached hydrogens (primary N) is 1. The number of rotatable bonds is 5. The second-order valence-corrected chi connectivity index (χ2v) is 5.80. The van der Waals surface area contributed by atoms with Gasteiger partial charge in [0.25, 0.3) is 0 Å². The summed E-state index contributed by atoms with van der Waals surface area (Å²) in [6, 6.07) is 9.54. The summed E-state index contributed by atoms with van der Waals surface area (Å²) in [6.07, 6.45) is 2.78. The zero-order chi connectivity index (χ0) is 16.9. The molecule has 3 N–H and O–H groups in total. The molecule has 128 valence electrons. The molecule has 3 rings (SSSR count). The average molecular weight is 329 g/mol. The van der Waals surface area contributed by atoms with Gasteiger partial charge in [0.2, 0.25) is 0 Å². The van der Waals surface area contributed by atoms with Gasteiger partial charge in [-0.05, 0) is 36.8 Å². The lowest BCUT2D eigenvalue weighted by atomic mass is 9.99. The van der Waals surface area contributed by atoms with E-state index in [1.807, 2.05) is 42.1 Å². The van der Waals surface area contributed by atoms with Crippen molar-refractivity contribution in [3.05, 3.63) is 42.2 Å². The lowest BCUT2D eigenvalue weighted by Gasteiger charge is -2.17. The topological polar surface area (TPSA) is 86.7 Å². The molecule has 1 aromatic carbocycles. The fourth-order valence-corrected chi connectivity index (χ4v) is 2.89. The number of guanidine groups is 1. The third-order valence-corrected chi connectivity index (χ3v) is 4.22. The molecule has 1 fully saturated rings. The predicted molar refractivity (Wildman–Crippen MR) is 93.1 cm³/mol. The van der Waals surface area contributed by atoms with Crippen LogP contribution >= 0.6 is 0 Å². The fourth-order valence-electron chi connectivity index (χ4n) is 2.89. The number of hydrogen-bond acceptors (Lipinski definition) is 4. The minimum absolute atomic E-state index is 0.0232. The smallest absolute Gasteiger partial charge is 0.193 e. The Hall–Kier alpha value is -2.54. The molecule has 24 heavy (non-hydrogen) atoms. The van der Waals surface area contributed by atoms with E-state index in [9.17, 15) is 0 Å². The van der Waals surface area contributed by atoms with Gasteiger partial charge in [0.1, 0.15) is 11.9 Å². The van der Waals surface area contributed by atoms with Crippen molar-refractivity contribution in [3.63, 3.8) is 0 Å². The number of hydrogen-bond donors (Lipinski definition) is 2. The molecular weight excluding hydrogens is 306 g/mol. The number of ether oxygens (including phenoxy) is 2. The summed E-state index contributed by atoms with van der Waals surface area (Å²) in [5.41, 5.74) is 7.95. The Labute approximate surface area is 141 Å². The zero-order valence-electron chi connectivity index (χ0n) is 14.0. The molecule has 0 bridgehead atoms. The highest BCUT2D eigenvalue weighted by molar-refractivity contribution is 5.92. The number of aryl methyl sites for hydroxylation is 1. The van der Waals surface area contributed by atoms with E-state index in [1.165, 1.54) is 0 Å². The highest BCUT2D eigenvalue weighted by Gasteiger charge is 2.31. The molecular formula is C17H23N5O2. The minimum Gasteiger partial charge on any atom is -0.497 e. The fraction of sp³-hybridized carbons (Fsp3) is 0.412. The van der Waals surface area contributed by atoms with Crippen molar-refractivity contribution in [2.75, 3.05) is 25.6 Å². The first kappa shape index (κ1) is 16.3. The molecule has 0 amide bonds. The second kappa shape index (κ2) is 7.35. The van der Waals surface area contributed by atoms with Gasteiger partial charge < -0.3 is 20.5 Å². The van der Waals surface area contributed by atoms with Crippen molar-refractivity contribution >= 4 is 11.6 Å². The van der Waals surface area contributed by atoms with Crippen LogP contribution in [-0.2, 0) is 11.8 Å². The average Bonchev–Trinajstić information content (AvgIpc) is 3.21. The van der Waals surface area contributed by atoms with Crippen LogP contribution in [0.1, 0.15) is 18.2 Å². The number of aliphatic imine (C=N–C) groups is 1. The van der Waals surface area contributed by atoms with Gasteiger partial charge in [0.05, 0.1) is 12.8 Å². The number of nitrogens with one attached hydrogen (secondary N) is 1. The monoisotopic (exact) mass is 329 g/mol. The maximum absolute atomic E-state index is 6.00. The summed E-state index contributed by atoms with van der Waals surface area (Å²) in [5.74, 6) is 1.51. The molecule has 7 nitrogen and oxygen atoms in total. The van der Waals surface area contributed by atoms with Gasteiger partial charge in [0.15, 0.2) is 5.96 Å². The predicted octanol–water partition coefficient (Wildman–Crippen LogP) is 1.93. The molecule has 2 atom stereocenters. The maximum Gasteiger partial charge on any atom is 0.193 e. The number of anilines is 1. The SMILES string of the molecule is COc1ccc(NC(N)=NC[C@@H]2CCO[C@H]2c2ccnn2C)cc1. The first-order valence-electron chi connectivity index (χ1n) is 7.98. The van der Waals surface area contributed by atoms with Gasteiger partial charge in [0, 0.05) is 38.0 Å². The molecule has 1 saturated heterocycles. The summed E-state index contributed by atoms with van der Waals surface area (Å²) in [6.45, 7) is 1.35. The van der Waals surface area contributed by atoms with E-state index < -0.39 is 0 Å². The summed E-state index contributed by atoms with van der Waals surface area (Å²) in [4.78, 5) is 4.48. The molecule has 0 radical (unpaired) electrons. The Morgan fingerprint density at radius 1 is 1.42 bits per heavy atom. The lowest BCUT2D eigenvalue weighted by Crippen LogP contribution is -2.24. The molecule has 0 saturated carbocycles.